The standard InChI is InChI=1S/C20H28FN5O2/c1-2-22-20(23-10-11-26-18(27)4-3-5-19(26)28)25-14-12-24(13-15-25)17-8-6-16(21)7-9-17/h6-9H,2-5,10-15H2,1H3,(H,22,23). The van der Waals surface area contributed by atoms with Gasteiger partial charge in [-0.1, -0.05) is 0 Å². The predicted octanol–water partition coefficient (Wildman–Crippen LogP) is 1.45. The Morgan fingerprint density at radius 3 is 2.32 bits per heavy atom. The average molecular weight is 389 g/mol. The van der Waals surface area contributed by atoms with Gasteiger partial charge in [-0.3, -0.25) is 19.5 Å². The van der Waals surface area contributed by atoms with Crippen LogP contribution >= 0.6 is 0 Å². The average Bonchev–Trinajstić information content (AvgIpc) is 2.70. The molecule has 2 fully saturated rings. The van der Waals surface area contributed by atoms with E-state index >= 15 is 0 Å². The number of piperazine rings is 1. The van der Waals surface area contributed by atoms with Crippen LogP contribution in [0.25, 0.3) is 0 Å². The Balaban J connectivity index is 1.55. The van der Waals surface area contributed by atoms with Gasteiger partial charge in [-0.15, -0.1) is 0 Å². The molecule has 2 saturated heterocycles. The molecule has 0 atom stereocenters. The molecule has 3 rings (SSSR count). The van der Waals surface area contributed by atoms with Crippen molar-refractivity contribution in [1.82, 2.24) is 15.1 Å². The van der Waals surface area contributed by atoms with Crippen LogP contribution in [0.1, 0.15) is 26.2 Å². The van der Waals surface area contributed by atoms with Gasteiger partial charge in [-0.05, 0) is 37.6 Å². The highest BCUT2D eigenvalue weighted by atomic mass is 19.1. The van der Waals surface area contributed by atoms with Gasteiger partial charge in [0.15, 0.2) is 5.96 Å². The number of anilines is 1. The third kappa shape index (κ3) is 4.99. The van der Waals surface area contributed by atoms with Gasteiger partial charge < -0.3 is 15.1 Å². The number of likely N-dealkylation sites (tertiary alicyclic amines) is 1. The Kier molecular flexibility index (Phi) is 6.84. The van der Waals surface area contributed by atoms with E-state index in [0.717, 1.165) is 44.4 Å². The van der Waals surface area contributed by atoms with Crippen LogP contribution in [0.4, 0.5) is 10.1 Å². The van der Waals surface area contributed by atoms with Gasteiger partial charge in [-0.25, -0.2) is 4.39 Å². The van der Waals surface area contributed by atoms with E-state index in [4.69, 9.17) is 0 Å². The van der Waals surface area contributed by atoms with Crippen molar-refractivity contribution in [3.8, 4) is 0 Å². The van der Waals surface area contributed by atoms with E-state index < -0.39 is 0 Å². The maximum absolute atomic E-state index is 13.1. The number of hydrogen-bond acceptors (Lipinski definition) is 4. The highest BCUT2D eigenvalue weighted by molar-refractivity contribution is 5.97. The number of carbonyl (C=O) groups excluding carboxylic acids is 2. The van der Waals surface area contributed by atoms with Crippen molar-refractivity contribution < 1.29 is 14.0 Å². The van der Waals surface area contributed by atoms with Crippen molar-refractivity contribution in [2.24, 2.45) is 4.99 Å². The molecule has 28 heavy (non-hydrogen) atoms. The molecule has 2 aliphatic heterocycles. The van der Waals surface area contributed by atoms with Crippen LogP contribution in [-0.4, -0.2) is 73.4 Å². The van der Waals surface area contributed by atoms with Crippen LogP contribution in [0.2, 0.25) is 0 Å². The number of nitrogens with zero attached hydrogens (tertiary/aromatic N) is 4. The highest BCUT2D eigenvalue weighted by Gasteiger charge is 2.25. The van der Waals surface area contributed by atoms with Crippen molar-refractivity contribution in [2.45, 2.75) is 26.2 Å². The summed E-state index contributed by atoms with van der Waals surface area (Å²) >= 11 is 0. The van der Waals surface area contributed by atoms with Crippen LogP contribution in [0, 0.1) is 5.82 Å². The normalized spacial score (nSPS) is 18.6. The van der Waals surface area contributed by atoms with E-state index in [1.807, 2.05) is 6.92 Å². The van der Waals surface area contributed by atoms with Gasteiger partial charge in [0.2, 0.25) is 11.8 Å². The van der Waals surface area contributed by atoms with E-state index in [9.17, 15) is 14.0 Å². The zero-order valence-corrected chi connectivity index (χ0v) is 16.4. The van der Waals surface area contributed by atoms with Crippen molar-refractivity contribution in [1.29, 1.82) is 0 Å². The zero-order chi connectivity index (χ0) is 19.9. The second kappa shape index (κ2) is 9.52. The molecular weight excluding hydrogens is 361 g/mol. The van der Waals surface area contributed by atoms with Crippen LogP contribution in [0.15, 0.2) is 29.3 Å². The number of guanidine groups is 1. The monoisotopic (exact) mass is 389 g/mol. The van der Waals surface area contributed by atoms with Crippen LogP contribution in [0.3, 0.4) is 0 Å². The van der Waals surface area contributed by atoms with Gasteiger partial charge in [0.25, 0.3) is 0 Å². The first kappa shape index (κ1) is 20.1. The number of hydrogen-bond donors (Lipinski definition) is 1. The lowest BCUT2D eigenvalue weighted by Crippen LogP contribution is -2.52. The zero-order valence-electron chi connectivity index (χ0n) is 16.4. The first-order valence-corrected chi connectivity index (χ1v) is 9.95. The van der Waals surface area contributed by atoms with Crippen LogP contribution in [-0.2, 0) is 9.59 Å². The molecule has 1 aromatic carbocycles. The molecule has 8 heteroatoms. The second-order valence-electron chi connectivity index (χ2n) is 6.98. The quantitative estimate of drug-likeness (QED) is 0.469. The molecule has 0 spiro atoms. The number of nitrogens with one attached hydrogen (secondary N) is 1. The molecule has 1 aromatic rings. The molecule has 7 nitrogen and oxygen atoms in total. The molecule has 0 bridgehead atoms. The summed E-state index contributed by atoms with van der Waals surface area (Å²) in [6, 6.07) is 6.57. The molecule has 2 amide bonds. The van der Waals surface area contributed by atoms with Gasteiger partial charge >= 0.3 is 0 Å². The fourth-order valence-corrected chi connectivity index (χ4v) is 3.56. The molecule has 0 saturated carbocycles. The molecule has 0 aliphatic carbocycles. The summed E-state index contributed by atoms with van der Waals surface area (Å²) in [7, 11) is 0. The lowest BCUT2D eigenvalue weighted by molar-refractivity contribution is -0.147. The fraction of sp³-hybridized carbons (Fsp3) is 0.550. The van der Waals surface area contributed by atoms with Gasteiger partial charge in [0.1, 0.15) is 5.82 Å². The van der Waals surface area contributed by atoms with E-state index in [0.29, 0.717) is 32.4 Å². The number of rotatable bonds is 5. The van der Waals surface area contributed by atoms with Crippen molar-refractivity contribution in [3.63, 3.8) is 0 Å². The Morgan fingerprint density at radius 1 is 1.07 bits per heavy atom. The lowest BCUT2D eigenvalue weighted by atomic mass is 10.1. The molecule has 1 N–H and O–H groups in total. The minimum Gasteiger partial charge on any atom is -0.368 e. The predicted molar refractivity (Wildman–Crippen MR) is 107 cm³/mol. The summed E-state index contributed by atoms with van der Waals surface area (Å²) in [5, 5.41) is 3.29. The van der Waals surface area contributed by atoms with Crippen LogP contribution in [0.5, 0.6) is 0 Å². The molecule has 0 unspecified atom stereocenters. The van der Waals surface area contributed by atoms with E-state index in [1.54, 1.807) is 12.1 Å². The summed E-state index contributed by atoms with van der Waals surface area (Å²) in [5.41, 5.74) is 1.02. The summed E-state index contributed by atoms with van der Waals surface area (Å²) in [4.78, 5) is 34.2. The van der Waals surface area contributed by atoms with Crippen molar-refractivity contribution in [2.75, 3.05) is 50.7 Å². The fourth-order valence-electron chi connectivity index (χ4n) is 3.56. The Bertz CT molecular complexity index is 698. The maximum Gasteiger partial charge on any atom is 0.229 e. The van der Waals surface area contributed by atoms with Gasteiger partial charge in [-0.2, -0.15) is 0 Å². The number of piperidine rings is 1. The molecule has 2 aliphatic rings. The number of benzene rings is 1. The highest BCUT2D eigenvalue weighted by Crippen LogP contribution is 2.17. The molecule has 0 radical (unpaired) electrons. The largest absolute Gasteiger partial charge is 0.368 e. The molecule has 2 heterocycles. The summed E-state index contributed by atoms with van der Waals surface area (Å²) in [5.74, 6) is 0.390. The molecule has 0 aromatic heterocycles. The topological polar surface area (TPSA) is 68.2 Å². The van der Waals surface area contributed by atoms with Crippen LogP contribution < -0.4 is 10.2 Å². The Hall–Kier alpha value is -2.64. The SMILES string of the molecule is CCNC(=NCCN1C(=O)CCCC1=O)N1CCN(c2ccc(F)cc2)CC1. The Labute approximate surface area is 165 Å². The maximum atomic E-state index is 13.1. The molecule has 152 valence electrons. The van der Waals surface area contributed by atoms with Gasteiger partial charge in [0, 0.05) is 57.8 Å². The minimum atomic E-state index is -0.227. The number of amides is 2. The van der Waals surface area contributed by atoms with Gasteiger partial charge in [0.05, 0.1) is 6.54 Å². The first-order chi connectivity index (χ1) is 13.6. The number of carbonyl (C=O) groups is 2. The van der Waals surface area contributed by atoms with Crippen molar-refractivity contribution in [3.05, 3.63) is 30.1 Å². The third-order valence-corrected chi connectivity index (χ3v) is 5.07. The first-order valence-electron chi connectivity index (χ1n) is 9.95. The smallest absolute Gasteiger partial charge is 0.229 e. The van der Waals surface area contributed by atoms with E-state index in [-0.39, 0.29) is 17.6 Å². The minimum absolute atomic E-state index is 0.0932. The van der Waals surface area contributed by atoms with E-state index in [1.165, 1.54) is 17.0 Å². The Morgan fingerprint density at radius 2 is 1.71 bits per heavy atom. The number of aliphatic imine (C=N–C) groups is 1. The summed E-state index contributed by atoms with van der Waals surface area (Å²) < 4.78 is 13.1. The second-order valence-corrected chi connectivity index (χ2v) is 6.98. The third-order valence-electron chi connectivity index (χ3n) is 5.07. The number of imide groups is 1. The summed E-state index contributed by atoms with van der Waals surface area (Å²) in [6.07, 6.45) is 1.54. The summed E-state index contributed by atoms with van der Waals surface area (Å²) in [6.45, 7) is 6.73. The van der Waals surface area contributed by atoms with E-state index in [2.05, 4.69) is 20.1 Å². The number of halogens is 1. The van der Waals surface area contributed by atoms with Crippen molar-refractivity contribution >= 4 is 23.5 Å². The lowest BCUT2D eigenvalue weighted by Gasteiger charge is -2.37. The molecular formula is C20H28FN5O2.